The number of aromatic nitrogens is 1. The van der Waals surface area contributed by atoms with Gasteiger partial charge in [-0.25, -0.2) is 9.36 Å². The van der Waals surface area contributed by atoms with Gasteiger partial charge in [-0.1, -0.05) is 0 Å². The van der Waals surface area contributed by atoms with E-state index in [1.807, 2.05) is 0 Å². The van der Waals surface area contributed by atoms with Gasteiger partial charge in [0, 0.05) is 13.1 Å². The Hall–Kier alpha value is -1.32. The second-order valence-corrected chi connectivity index (χ2v) is 1.58. The van der Waals surface area contributed by atoms with Gasteiger partial charge >= 0.3 is 5.76 Å². The highest BCUT2D eigenvalue weighted by molar-refractivity contribution is 4.76. The van der Waals surface area contributed by atoms with Gasteiger partial charge in [0.1, 0.15) is 6.26 Å². The van der Waals surface area contributed by atoms with Crippen LogP contribution in [0.5, 0.6) is 0 Å². The highest BCUT2D eigenvalue weighted by Crippen LogP contribution is 1.64. The largest absolute Gasteiger partial charge is 0.421 e. The van der Waals surface area contributed by atoms with Crippen LogP contribution in [0.3, 0.4) is 0 Å². The molecule has 1 aromatic heterocycles. The molecule has 4 heteroatoms. The molecule has 0 bridgehead atoms. The third kappa shape index (κ3) is 0.910. The molecule has 0 saturated carbocycles. The summed E-state index contributed by atoms with van der Waals surface area (Å²) in [7, 11) is 1.36. The quantitative estimate of drug-likeness (QED) is 0.464. The molecule has 0 aromatic carbocycles. The maximum absolute atomic E-state index is 10.5. The first kappa shape index (κ1) is 5.81. The van der Waals surface area contributed by atoms with E-state index in [1.165, 1.54) is 13.1 Å². The first-order chi connectivity index (χ1) is 4.22. The zero-order chi connectivity index (χ0) is 6.85. The summed E-state index contributed by atoms with van der Waals surface area (Å²) in [5.41, 5.74) is -0.355. The summed E-state index contributed by atoms with van der Waals surface area (Å²) in [6, 6.07) is 1.18. The minimum absolute atomic E-state index is 0.355. The lowest BCUT2D eigenvalue weighted by atomic mass is 10.7. The van der Waals surface area contributed by atoms with Gasteiger partial charge in [0.05, 0.1) is 0 Å². The van der Waals surface area contributed by atoms with Crippen molar-refractivity contribution < 1.29 is 4.42 Å². The van der Waals surface area contributed by atoms with Crippen LogP contribution in [-0.4, -0.2) is 4.57 Å². The summed E-state index contributed by atoms with van der Waals surface area (Å²) in [5.74, 6) is -0.637. The normalized spacial score (nSPS) is 9.44. The standard InChI is InChI=1S/C5H5NO3/c1-6-4(7)2-3-9-5(6)8/h2-3H,1H3. The molecule has 0 spiro atoms. The molecule has 0 unspecified atom stereocenters. The van der Waals surface area contributed by atoms with Gasteiger partial charge < -0.3 is 4.42 Å². The van der Waals surface area contributed by atoms with Crippen molar-refractivity contribution in [3.63, 3.8) is 0 Å². The first-order valence-corrected chi connectivity index (χ1v) is 2.36. The van der Waals surface area contributed by atoms with Crippen LogP contribution in [0, 0.1) is 0 Å². The fourth-order valence-electron chi connectivity index (χ4n) is 0.431. The Labute approximate surface area is 50.4 Å². The van der Waals surface area contributed by atoms with Gasteiger partial charge in [0.25, 0.3) is 5.56 Å². The third-order valence-corrected chi connectivity index (χ3v) is 0.984. The van der Waals surface area contributed by atoms with Gasteiger partial charge in [-0.05, 0) is 0 Å². The molecular formula is C5H5NO3. The predicted molar refractivity (Wildman–Crippen MR) is 30.2 cm³/mol. The van der Waals surface area contributed by atoms with E-state index in [9.17, 15) is 9.59 Å². The lowest BCUT2D eigenvalue weighted by Gasteiger charge is -1.87. The van der Waals surface area contributed by atoms with Gasteiger partial charge in [0.15, 0.2) is 0 Å². The molecular weight excluding hydrogens is 122 g/mol. The average molecular weight is 127 g/mol. The van der Waals surface area contributed by atoms with Crippen LogP contribution in [-0.2, 0) is 7.05 Å². The summed E-state index contributed by atoms with van der Waals surface area (Å²) >= 11 is 0. The zero-order valence-corrected chi connectivity index (χ0v) is 4.83. The van der Waals surface area contributed by atoms with Crippen molar-refractivity contribution >= 4 is 0 Å². The summed E-state index contributed by atoms with van der Waals surface area (Å²) < 4.78 is 5.24. The summed E-state index contributed by atoms with van der Waals surface area (Å²) in [5, 5.41) is 0. The average Bonchev–Trinajstić information content (AvgIpc) is 1.83. The molecule has 0 aliphatic carbocycles. The highest BCUT2D eigenvalue weighted by Gasteiger charge is 1.91. The Morgan fingerprint density at radius 1 is 1.56 bits per heavy atom. The van der Waals surface area contributed by atoms with E-state index in [0.717, 1.165) is 10.8 Å². The van der Waals surface area contributed by atoms with Crippen LogP contribution in [0.4, 0.5) is 0 Å². The molecule has 0 aliphatic heterocycles. The fourth-order valence-corrected chi connectivity index (χ4v) is 0.431. The molecule has 0 radical (unpaired) electrons. The van der Waals surface area contributed by atoms with E-state index < -0.39 is 5.76 Å². The Morgan fingerprint density at radius 3 is 2.67 bits per heavy atom. The van der Waals surface area contributed by atoms with E-state index in [2.05, 4.69) is 4.42 Å². The molecule has 1 rings (SSSR count). The van der Waals surface area contributed by atoms with E-state index in [4.69, 9.17) is 0 Å². The SMILES string of the molecule is Cn1c(=O)ccoc1=O. The van der Waals surface area contributed by atoms with Gasteiger partial charge in [-0.15, -0.1) is 0 Å². The predicted octanol–water partition coefficient (Wildman–Crippen LogP) is -0.661. The Bertz CT molecular complexity index is 280. The van der Waals surface area contributed by atoms with Crippen LogP contribution in [0.25, 0.3) is 0 Å². The number of rotatable bonds is 0. The molecule has 0 saturated heterocycles. The minimum atomic E-state index is -0.637. The van der Waals surface area contributed by atoms with E-state index >= 15 is 0 Å². The summed E-state index contributed by atoms with van der Waals surface area (Å²) in [6.45, 7) is 0. The van der Waals surface area contributed by atoms with E-state index in [1.54, 1.807) is 0 Å². The van der Waals surface area contributed by atoms with Crippen LogP contribution in [0.1, 0.15) is 0 Å². The summed E-state index contributed by atoms with van der Waals surface area (Å²) in [4.78, 5) is 21.0. The van der Waals surface area contributed by atoms with Crippen molar-refractivity contribution in [2.45, 2.75) is 0 Å². The molecule has 0 fully saturated rings. The van der Waals surface area contributed by atoms with Crippen LogP contribution >= 0.6 is 0 Å². The maximum atomic E-state index is 10.5. The first-order valence-electron chi connectivity index (χ1n) is 2.36. The lowest BCUT2D eigenvalue weighted by Crippen LogP contribution is -2.27. The molecule has 4 nitrogen and oxygen atoms in total. The van der Waals surface area contributed by atoms with Gasteiger partial charge in [-0.2, -0.15) is 0 Å². The Balaban J connectivity index is 3.62. The number of nitrogens with zero attached hydrogens (tertiary/aromatic N) is 1. The number of hydrogen-bond donors (Lipinski definition) is 0. The lowest BCUT2D eigenvalue weighted by molar-refractivity contribution is 0.442. The van der Waals surface area contributed by atoms with E-state index in [0.29, 0.717) is 0 Å². The molecule has 0 atom stereocenters. The molecule has 9 heavy (non-hydrogen) atoms. The smallest absolute Gasteiger partial charge is 0.418 e. The second-order valence-electron chi connectivity index (χ2n) is 1.58. The molecule has 0 aliphatic rings. The molecule has 48 valence electrons. The topological polar surface area (TPSA) is 52.2 Å². The zero-order valence-electron chi connectivity index (χ0n) is 4.83. The number of hydrogen-bond acceptors (Lipinski definition) is 3. The van der Waals surface area contributed by atoms with Crippen molar-refractivity contribution in [2.75, 3.05) is 0 Å². The molecule has 0 N–H and O–H groups in total. The Morgan fingerprint density at radius 2 is 2.22 bits per heavy atom. The van der Waals surface area contributed by atoms with E-state index in [-0.39, 0.29) is 5.56 Å². The fraction of sp³-hybridized carbons (Fsp3) is 0.200. The summed E-state index contributed by atoms with van der Waals surface area (Å²) in [6.07, 6.45) is 1.07. The van der Waals surface area contributed by atoms with Gasteiger partial charge in [-0.3, -0.25) is 4.79 Å². The van der Waals surface area contributed by atoms with Crippen LogP contribution in [0.2, 0.25) is 0 Å². The molecule has 1 aromatic rings. The minimum Gasteiger partial charge on any atom is -0.418 e. The monoisotopic (exact) mass is 127 g/mol. The Kier molecular flexibility index (Phi) is 1.22. The van der Waals surface area contributed by atoms with Crippen LogP contribution < -0.4 is 11.3 Å². The second kappa shape index (κ2) is 1.89. The maximum Gasteiger partial charge on any atom is 0.421 e. The van der Waals surface area contributed by atoms with Crippen molar-refractivity contribution in [2.24, 2.45) is 7.05 Å². The molecule has 1 heterocycles. The highest BCUT2D eigenvalue weighted by atomic mass is 16.4. The molecule has 0 amide bonds. The van der Waals surface area contributed by atoms with Crippen molar-refractivity contribution in [3.8, 4) is 0 Å². The van der Waals surface area contributed by atoms with Gasteiger partial charge in [0.2, 0.25) is 0 Å². The third-order valence-electron chi connectivity index (χ3n) is 0.984. The van der Waals surface area contributed by atoms with Crippen LogP contribution in [0.15, 0.2) is 26.3 Å². The van der Waals surface area contributed by atoms with Crippen molar-refractivity contribution in [1.29, 1.82) is 0 Å². The van der Waals surface area contributed by atoms with Crippen molar-refractivity contribution in [3.05, 3.63) is 33.2 Å². The van der Waals surface area contributed by atoms with Crippen molar-refractivity contribution in [1.82, 2.24) is 4.57 Å².